The summed E-state index contributed by atoms with van der Waals surface area (Å²) in [7, 11) is 1.67. The molecule has 2 aromatic carbocycles. The average molecular weight is 347 g/mol. The van der Waals surface area contributed by atoms with E-state index in [2.05, 4.69) is 27.8 Å². The van der Waals surface area contributed by atoms with E-state index in [1.807, 2.05) is 54.9 Å². The number of aromatic nitrogens is 3. The smallest absolute Gasteiger partial charge is 0.172 e. The van der Waals surface area contributed by atoms with Crippen LogP contribution < -0.4 is 4.74 Å². The molecule has 0 bridgehead atoms. The Bertz CT molecular complexity index is 1010. The first-order valence-corrected chi connectivity index (χ1v) is 8.97. The van der Waals surface area contributed by atoms with Gasteiger partial charge in [0.1, 0.15) is 5.75 Å². The van der Waals surface area contributed by atoms with Gasteiger partial charge in [-0.1, -0.05) is 42.1 Å². The summed E-state index contributed by atoms with van der Waals surface area (Å²) in [5.74, 6) is 1.60. The van der Waals surface area contributed by atoms with E-state index in [4.69, 9.17) is 9.72 Å². The quantitative estimate of drug-likeness (QED) is 0.490. The fourth-order valence-electron chi connectivity index (χ4n) is 2.68. The lowest BCUT2D eigenvalue weighted by atomic mass is 10.2. The first-order valence-electron chi connectivity index (χ1n) is 7.99. The van der Waals surface area contributed by atoms with Crippen LogP contribution in [0.5, 0.6) is 5.75 Å². The van der Waals surface area contributed by atoms with Crippen LogP contribution in [0.4, 0.5) is 0 Å². The summed E-state index contributed by atoms with van der Waals surface area (Å²) in [6, 6.07) is 20.3. The highest BCUT2D eigenvalue weighted by molar-refractivity contribution is 7.98. The second-order valence-electron chi connectivity index (χ2n) is 5.57. The molecule has 0 radical (unpaired) electrons. The molecule has 2 heterocycles. The SMILES string of the molecule is COc1cccc(-n2ccnc2SCc2ccc3ccccc3n2)c1. The van der Waals surface area contributed by atoms with Crippen molar-refractivity contribution >= 4 is 22.7 Å². The standard InChI is InChI=1S/C20H17N3OS/c1-24-18-7-4-6-17(13-18)23-12-11-21-20(23)25-14-16-10-9-15-5-2-3-8-19(15)22-16/h2-13H,14H2,1H3. The number of pyridine rings is 1. The minimum Gasteiger partial charge on any atom is -0.497 e. The van der Waals surface area contributed by atoms with Crippen molar-refractivity contribution in [2.24, 2.45) is 0 Å². The average Bonchev–Trinajstić information content (AvgIpc) is 3.15. The molecule has 5 heteroatoms. The van der Waals surface area contributed by atoms with Gasteiger partial charge in [-0.2, -0.15) is 0 Å². The highest BCUT2D eigenvalue weighted by atomic mass is 32.2. The van der Waals surface area contributed by atoms with E-state index in [0.717, 1.165) is 38.9 Å². The molecular formula is C20H17N3OS. The molecule has 124 valence electrons. The van der Waals surface area contributed by atoms with Gasteiger partial charge in [-0.3, -0.25) is 9.55 Å². The number of nitrogens with zero attached hydrogens (tertiary/aromatic N) is 3. The van der Waals surface area contributed by atoms with Crippen molar-refractivity contribution in [1.82, 2.24) is 14.5 Å². The highest BCUT2D eigenvalue weighted by Gasteiger charge is 2.08. The van der Waals surface area contributed by atoms with Gasteiger partial charge in [-0.15, -0.1) is 0 Å². The Kier molecular flexibility index (Phi) is 4.39. The van der Waals surface area contributed by atoms with Crippen LogP contribution in [0.15, 0.2) is 78.2 Å². The number of thioether (sulfide) groups is 1. The van der Waals surface area contributed by atoms with Crippen molar-refractivity contribution in [1.29, 1.82) is 0 Å². The minimum absolute atomic E-state index is 0.770. The van der Waals surface area contributed by atoms with Crippen LogP contribution in [-0.2, 0) is 5.75 Å². The van der Waals surface area contributed by atoms with Crippen LogP contribution in [0, 0.1) is 0 Å². The maximum atomic E-state index is 5.31. The van der Waals surface area contributed by atoms with Crippen LogP contribution in [0.2, 0.25) is 0 Å². The maximum Gasteiger partial charge on any atom is 0.172 e. The van der Waals surface area contributed by atoms with Gasteiger partial charge < -0.3 is 4.74 Å². The number of rotatable bonds is 5. The number of fused-ring (bicyclic) bond motifs is 1. The zero-order valence-electron chi connectivity index (χ0n) is 13.8. The number of para-hydroxylation sites is 1. The summed E-state index contributed by atoms with van der Waals surface area (Å²) in [4.78, 5) is 9.21. The van der Waals surface area contributed by atoms with Crippen LogP contribution in [0.1, 0.15) is 5.69 Å². The van der Waals surface area contributed by atoms with Crippen molar-refractivity contribution < 1.29 is 4.74 Å². The Morgan fingerprint density at radius 1 is 1.04 bits per heavy atom. The van der Waals surface area contributed by atoms with Crippen molar-refractivity contribution in [2.75, 3.05) is 7.11 Å². The number of hydrogen-bond donors (Lipinski definition) is 0. The van der Waals surface area contributed by atoms with Crippen LogP contribution >= 0.6 is 11.8 Å². The number of benzene rings is 2. The molecule has 0 saturated carbocycles. The second kappa shape index (κ2) is 6.99. The zero-order chi connectivity index (χ0) is 17.1. The second-order valence-corrected chi connectivity index (χ2v) is 6.51. The molecule has 4 nitrogen and oxygen atoms in total. The molecule has 25 heavy (non-hydrogen) atoms. The van der Waals surface area contributed by atoms with Gasteiger partial charge in [-0.05, 0) is 24.3 Å². The molecule has 0 spiro atoms. The van der Waals surface area contributed by atoms with Gasteiger partial charge in [0, 0.05) is 29.6 Å². The molecule has 2 aromatic heterocycles. The van der Waals surface area contributed by atoms with Crippen LogP contribution in [-0.4, -0.2) is 21.6 Å². The van der Waals surface area contributed by atoms with Gasteiger partial charge in [0.05, 0.1) is 24.0 Å². The van der Waals surface area contributed by atoms with Crippen molar-refractivity contribution in [3.63, 3.8) is 0 Å². The van der Waals surface area contributed by atoms with Gasteiger partial charge in [-0.25, -0.2) is 4.98 Å². The van der Waals surface area contributed by atoms with E-state index in [0.29, 0.717) is 0 Å². The van der Waals surface area contributed by atoms with Crippen molar-refractivity contribution in [2.45, 2.75) is 10.9 Å². The maximum absolute atomic E-state index is 5.31. The molecule has 4 aromatic rings. The summed E-state index contributed by atoms with van der Waals surface area (Å²) in [5, 5.41) is 2.09. The van der Waals surface area contributed by atoms with Gasteiger partial charge >= 0.3 is 0 Å². The third-order valence-electron chi connectivity index (χ3n) is 3.94. The Hall–Kier alpha value is -2.79. The molecule has 0 unspecified atom stereocenters. The number of hydrogen-bond acceptors (Lipinski definition) is 4. The fraction of sp³-hybridized carbons (Fsp3) is 0.100. The first kappa shape index (κ1) is 15.7. The van der Waals surface area contributed by atoms with Crippen molar-refractivity contribution in [3.05, 3.63) is 78.8 Å². The predicted octanol–water partition coefficient (Wildman–Crippen LogP) is 4.72. The topological polar surface area (TPSA) is 39.9 Å². The van der Waals surface area contributed by atoms with E-state index >= 15 is 0 Å². The summed E-state index contributed by atoms with van der Waals surface area (Å²) in [6.45, 7) is 0. The Balaban J connectivity index is 1.56. The van der Waals surface area contributed by atoms with Crippen molar-refractivity contribution in [3.8, 4) is 11.4 Å². The van der Waals surface area contributed by atoms with Gasteiger partial charge in [0.25, 0.3) is 0 Å². The third-order valence-corrected chi connectivity index (χ3v) is 4.94. The molecule has 0 fully saturated rings. The van der Waals surface area contributed by atoms with E-state index in [9.17, 15) is 0 Å². The lowest BCUT2D eigenvalue weighted by Crippen LogP contribution is -1.96. The lowest BCUT2D eigenvalue weighted by molar-refractivity contribution is 0.414. The normalized spacial score (nSPS) is 10.9. The molecule has 0 aliphatic rings. The largest absolute Gasteiger partial charge is 0.497 e. The molecular weight excluding hydrogens is 330 g/mol. The molecule has 4 rings (SSSR count). The molecule has 0 N–H and O–H groups in total. The summed E-state index contributed by atoms with van der Waals surface area (Å²) >= 11 is 1.67. The molecule has 0 saturated heterocycles. The fourth-order valence-corrected chi connectivity index (χ4v) is 3.56. The zero-order valence-corrected chi connectivity index (χ0v) is 14.6. The van der Waals surface area contributed by atoms with E-state index < -0.39 is 0 Å². The van der Waals surface area contributed by atoms with Gasteiger partial charge in [0.15, 0.2) is 5.16 Å². The number of imidazole rings is 1. The van der Waals surface area contributed by atoms with E-state index in [-0.39, 0.29) is 0 Å². The number of methoxy groups -OCH3 is 1. The predicted molar refractivity (Wildman–Crippen MR) is 101 cm³/mol. The third kappa shape index (κ3) is 3.37. The molecule has 0 amide bonds. The molecule has 0 aliphatic heterocycles. The highest BCUT2D eigenvalue weighted by Crippen LogP contribution is 2.26. The molecule has 0 aliphatic carbocycles. The lowest BCUT2D eigenvalue weighted by Gasteiger charge is -2.09. The van der Waals surface area contributed by atoms with Crippen LogP contribution in [0.25, 0.3) is 16.6 Å². The minimum atomic E-state index is 0.770. The monoisotopic (exact) mass is 347 g/mol. The van der Waals surface area contributed by atoms with E-state index in [1.54, 1.807) is 18.9 Å². The first-order chi connectivity index (χ1) is 12.3. The molecule has 0 atom stereocenters. The number of ether oxygens (including phenoxy) is 1. The summed E-state index contributed by atoms with van der Waals surface area (Å²) in [5.41, 5.74) is 3.10. The Morgan fingerprint density at radius 2 is 1.96 bits per heavy atom. The van der Waals surface area contributed by atoms with Crippen LogP contribution in [0.3, 0.4) is 0 Å². The summed E-state index contributed by atoms with van der Waals surface area (Å²) in [6.07, 6.45) is 3.78. The van der Waals surface area contributed by atoms with Gasteiger partial charge in [0.2, 0.25) is 0 Å². The Labute approximate surface area is 150 Å². The Morgan fingerprint density at radius 3 is 2.88 bits per heavy atom. The summed E-state index contributed by atoms with van der Waals surface area (Å²) < 4.78 is 7.38. The van der Waals surface area contributed by atoms with E-state index in [1.165, 1.54) is 0 Å².